The van der Waals surface area contributed by atoms with Gasteiger partial charge in [-0.3, -0.25) is 4.79 Å². The van der Waals surface area contributed by atoms with Crippen molar-refractivity contribution in [3.63, 3.8) is 0 Å². The molecule has 5 rings (SSSR count). The first-order valence-corrected chi connectivity index (χ1v) is 11.3. The van der Waals surface area contributed by atoms with E-state index in [4.69, 9.17) is 26.1 Å². The van der Waals surface area contributed by atoms with Crippen LogP contribution in [0.3, 0.4) is 0 Å². The molecule has 1 aliphatic rings. The van der Waals surface area contributed by atoms with Crippen LogP contribution in [-0.4, -0.2) is 56.1 Å². The summed E-state index contributed by atoms with van der Waals surface area (Å²) in [6, 6.07) is 8.93. The smallest absolute Gasteiger partial charge is 0.256 e. The number of benzene rings is 2. The maximum atomic E-state index is 14.0. The maximum absolute atomic E-state index is 14.0. The molecule has 0 saturated carbocycles. The molecule has 0 bridgehead atoms. The molecule has 0 N–H and O–H groups in total. The van der Waals surface area contributed by atoms with Crippen molar-refractivity contribution in [1.82, 2.24) is 29.4 Å². The van der Waals surface area contributed by atoms with Crippen LogP contribution < -0.4 is 9.47 Å². The third kappa shape index (κ3) is 3.38. The minimum absolute atomic E-state index is 0.142. The van der Waals surface area contributed by atoms with E-state index in [-0.39, 0.29) is 5.91 Å². The number of likely N-dealkylation sites (tertiary alicyclic amines) is 1. The molecule has 0 aliphatic carbocycles. The number of carbonyl (C=O) groups excluding carboxylic acids is 1. The van der Waals surface area contributed by atoms with Crippen molar-refractivity contribution in [1.29, 1.82) is 0 Å². The van der Waals surface area contributed by atoms with Gasteiger partial charge in [-0.2, -0.15) is 15.0 Å². The van der Waals surface area contributed by atoms with Gasteiger partial charge in [0.1, 0.15) is 5.82 Å². The molecule has 1 fully saturated rings. The SMILES string of the molecule is COc1cc2nc(C3(C)CCCN3C(=O)c3cc(Cl)ccc3-n3nccn3)n(C)c2cc1OC. The van der Waals surface area contributed by atoms with E-state index < -0.39 is 5.54 Å². The molecule has 1 saturated heterocycles. The third-order valence-electron chi connectivity index (χ3n) is 6.58. The minimum atomic E-state index is -0.623. The number of aryl methyl sites for hydroxylation is 1. The predicted octanol–water partition coefficient (Wildman–Crippen LogP) is 3.98. The summed E-state index contributed by atoms with van der Waals surface area (Å²) < 4.78 is 13.0. The highest BCUT2D eigenvalue weighted by atomic mass is 35.5. The van der Waals surface area contributed by atoms with Crippen molar-refractivity contribution < 1.29 is 14.3 Å². The first-order valence-electron chi connectivity index (χ1n) is 10.9. The molecule has 2 aromatic heterocycles. The van der Waals surface area contributed by atoms with Crippen molar-refractivity contribution in [3.05, 3.63) is 59.1 Å². The number of ether oxygens (including phenoxy) is 2. The van der Waals surface area contributed by atoms with E-state index in [1.165, 1.54) is 4.80 Å². The van der Waals surface area contributed by atoms with E-state index in [0.717, 1.165) is 29.7 Å². The standard InChI is InChI=1S/C24H25ClN6O3/c1-24(23-28-17-13-20(33-3)21(34-4)14-19(17)29(23)2)8-5-11-30(24)22(32)16-12-15(25)6-7-18(16)31-26-9-10-27-31/h6-7,9-10,12-14H,5,8,11H2,1-4H3. The number of methoxy groups -OCH3 is 2. The number of nitrogens with zero attached hydrogens (tertiary/aromatic N) is 6. The highest BCUT2D eigenvalue weighted by Gasteiger charge is 2.45. The lowest BCUT2D eigenvalue weighted by Crippen LogP contribution is -2.44. The zero-order chi connectivity index (χ0) is 24.0. The Labute approximate surface area is 201 Å². The quantitative estimate of drug-likeness (QED) is 0.429. The van der Waals surface area contributed by atoms with E-state index in [9.17, 15) is 4.79 Å². The van der Waals surface area contributed by atoms with Gasteiger partial charge in [0, 0.05) is 30.7 Å². The summed E-state index contributed by atoms with van der Waals surface area (Å²) >= 11 is 6.29. The first kappa shape index (κ1) is 22.2. The molecule has 3 heterocycles. The van der Waals surface area contributed by atoms with Gasteiger partial charge in [-0.25, -0.2) is 4.98 Å². The van der Waals surface area contributed by atoms with Crippen LogP contribution in [0.5, 0.6) is 11.5 Å². The fraction of sp³-hybridized carbons (Fsp3) is 0.333. The second kappa shape index (κ2) is 8.32. The number of halogens is 1. The zero-order valence-electron chi connectivity index (χ0n) is 19.4. The molecule has 9 nitrogen and oxygen atoms in total. The lowest BCUT2D eigenvalue weighted by Gasteiger charge is -2.35. The van der Waals surface area contributed by atoms with Gasteiger partial charge < -0.3 is 18.9 Å². The molecule has 176 valence electrons. The molecule has 0 radical (unpaired) electrons. The van der Waals surface area contributed by atoms with Crippen LogP contribution >= 0.6 is 11.6 Å². The first-order chi connectivity index (χ1) is 16.4. The van der Waals surface area contributed by atoms with Gasteiger partial charge >= 0.3 is 0 Å². The van der Waals surface area contributed by atoms with Gasteiger partial charge in [0.15, 0.2) is 11.5 Å². The van der Waals surface area contributed by atoms with Crippen LogP contribution in [-0.2, 0) is 12.6 Å². The Kier molecular flexibility index (Phi) is 5.44. The number of amides is 1. The van der Waals surface area contributed by atoms with Gasteiger partial charge in [0.05, 0.1) is 54.4 Å². The van der Waals surface area contributed by atoms with Crippen LogP contribution in [0.4, 0.5) is 0 Å². The molecule has 2 aromatic carbocycles. The summed E-state index contributed by atoms with van der Waals surface area (Å²) in [5.74, 6) is 1.89. The fourth-order valence-electron chi connectivity index (χ4n) is 4.86. The largest absolute Gasteiger partial charge is 0.493 e. The topological polar surface area (TPSA) is 87.3 Å². The number of rotatable bonds is 5. The monoisotopic (exact) mass is 480 g/mol. The van der Waals surface area contributed by atoms with Crippen LogP contribution in [0.2, 0.25) is 5.02 Å². The fourth-order valence-corrected chi connectivity index (χ4v) is 5.03. The van der Waals surface area contributed by atoms with E-state index in [1.807, 2.05) is 28.6 Å². The Morgan fingerprint density at radius 1 is 1.09 bits per heavy atom. The van der Waals surface area contributed by atoms with Gasteiger partial charge in [-0.05, 0) is 38.0 Å². The molecule has 34 heavy (non-hydrogen) atoms. The predicted molar refractivity (Wildman–Crippen MR) is 128 cm³/mol. The zero-order valence-corrected chi connectivity index (χ0v) is 20.2. The Morgan fingerprint density at radius 2 is 1.79 bits per heavy atom. The molecule has 4 aromatic rings. The van der Waals surface area contributed by atoms with Crippen molar-refractivity contribution in [3.8, 4) is 17.2 Å². The number of fused-ring (bicyclic) bond motifs is 1. The van der Waals surface area contributed by atoms with Crippen LogP contribution in [0.15, 0.2) is 42.7 Å². The molecule has 10 heteroatoms. The second-order valence-corrected chi connectivity index (χ2v) is 8.94. The normalized spacial score (nSPS) is 18.0. The average molecular weight is 481 g/mol. The number of aromatic nitrogens is 5. The average Bonchev–Trinajstić information content (AvgIpc) is 3.58. The maximum Gasteiger partial charge on any atom is 0.256 e. The van der Waals surface area contributed by atoms with Gasteiger partial charge in [0.25, 0.3) is 5.91 Å². The lowest BCUT2D eigenvalue weighted by molar-refractivity contribution is 0.0600. The van der Waals surface area contributed by atoms with E-state index in [2.05, 4.69) is 17.1 Å². The highest BCUT2D eigenvalue weighted by molar-refractivity contribution is 6.31. The Hall–Kier alpha value is -3.59. The summed E-state index contributed by atoms with van der Waals surface area (Å²) in [6.45, 7) is 2.66. The Bertz CT molecular complexity index is 1380. The lowest BCUT2D eigenvalue weighted by atomic mass is 9.96. The Balaban J connectivity index is 1.61. The summed E-state index contributed by atoms with van der Waals surface area (Å²) in [5, 5.41) is 8.89. The summed E-state index contributed by atoms with van der Waals surface area (Å²) in [5.41, 5.74) is 2.08. The number of carbonyl (C=O) groups is 1. The molecule has 1 aliphatic heterocycles. The second-order valence-electron chi connectivity index (χ2n) is 8.50. The van der Waals surface area contributed by atoms with Crippen LogP contribution in [0.1, 0.15) is 35.9 Å². The van der Waals surface area contributed by atoms with E-state index >= 15 is 0 Å². The molecule has 1 unspecified atom stereocenters. The molecule has 1 amide bonds. The molecule has 0 spiro atoms. The molecule has 1 atom stereocenters. The van der Waals surface area contributed by atoms with Crippen molar-refractivity contribution in [2.24, 2.45) is 7.05 Å². The van der Waals surface area contributed by atoms with Crippen molar-refractivity contribution in [2.75, 3.05) is 20.8 Å². The third-order valence-corrected chi connectivity index (χ3v) is 6.81. The summed E-state index contributed by atoms with van der Waals surface area (Å²) in [7, 11) is 5.17. The summed E-state index contributed by atoms with van der Waals surface area (Å²) in [6.07, 6.45) is 4.78. The molecular formula is C24H25ClN6O3. The van der Waals surface area contributed by atoms with Crippen LogP contribution in [0.25, 0.3) is 16.7 Å². The van der Waals surface area contributed by atoms with Gasteiger partial charge in [-0.1, -0.05) is 11.6 Å². The van der Waals surface area contributed by atoms with Gasteiger partial charge in [0.2, 0.25) is 0 Å². The van der Waals surface area contributed by atoms with Gasteiger partial charge in [-0.15, -0.1) is 0 Å². The van der Waals surface area contributed by atoms with Crippen molar-refractivity contribution in [2.45, 2.75) is 25.3 Å². The molecular weight excluding hydrogens is 456 g/mol. The minimum Gasteiger partial charge on any atom is -0.493 e. The van der Waals surface area contributed by atoms with E-state index in [1.54, 1.807) is 44.8 Å². The number of imidazole rings is 1. The highest BCUT2D eigenvalue weighted by Crippen LogP contribution is 2.42. The number of hydrogen-bond acceptors (Lipinski definition) is 6. The van der Waals surface area contributed by atoms with Crippen molar-refractivity contribution >= 4 is 28.5 Å². The Morgan fingerprint density at radius 3 is 2.50 bits per heavy atom. The number of hydrogen-bond donors (Lipinski definition) is 0. The van der Waals surface area contributed by atoms with E-state index in [0.29, 0.717) is 34.3 Å². The van der Waals surface area contributed by atoms with Crippen LogP contribution in [0, 0.1) is 0 Å². The summed E-state index contributed by atoms with van der Waals surface area (Å²) in [4.78, 5) is 22.2.